The number of carbonyl (C=O) groups is 1. The molecule has 1 unspecified atom stereocenters. The maximum atomic E-state index is 12.3. The highest BCUT2D eigenvalue weighted by Crippen LogP contribution is 2.20. The smallest absolute Gasteiger partial charge is 0.323 e. The van der Waals surface area contributed by atoms with Crippen LogP contribution in [0.25, 0.3) is 0 Å². The van der Waals surface area contributed by atoms with Crippen LogP contribution in [0.3, 0.4) is 0 Å². The lowest BCUT2D eigenvalue weighted by Gasteiger charge is -2.32. The quantitative estimate of drug-likeness (QED) is 0.874. The number of imidazole rings is 2. The first-order chi connectivity index (χ1) is 10.1. The van der Waals surface area contributed by atoms with Gasteiger partial charge in [-0.2, -0.15) is 0 Å². The highest BCUT2D eigenvalue weighted by molar-refractivity contribution is 5.92. The molecular weight excluding hydrogens is 270 g/mol. The number of amides is 1. The zero-order chi connectivity index (χ0) is 14.8. The van der Waals surface area contributed by atoms with Crippen LogP contribution in [0.2, 0.25) is 0 Å². The van der Waals surface area contributed by atoms with Gasteiger partial charge in [-0.15, -0.1) is 0 Å². The second-order valence-corrected chi connectivity index (χ2v) is 5.54. The van der Waals surface area contributed by atoms with Crippen LogP contribution in [0.15, 0.2) is 23.4 Å². The molecule has 112 valence electrons. The largest absolute Gasteiger partial charge is 0.337 e. The minimum atomic E-state index is -0.346. The van der Waals surface area contributed by atoms with Crippen LogP contribution in [0.5, 0.6) is 0 Å². The number of aryl methyl sites for hydroxylation is 1. The predicted octanol–water partition coefficient (Wildman–Crippen LogP) is 0.760. The van der Waals surface area contributed by atoms with Crippen molar-refractivity contribution in [3.8, 4) is 0 Å². The van der Waals surface area contributed by atoms with Gasteiger partial charge in [0.1, 0.15) is 11.5 Å². The topological polar surface area (TPSA) is 86.8 Å². The molecule has 2 N–H and O–H groups in total. The van der Waals surface area contributed by atoms with Crippen LogP contribution in [0.4, 0.5) is 0 Å². The molecule has 7 heteroatoms. The van der Waals surface area contributed by atoms with E-state index in [0.29, 0.717) is 18.2 Å². The van der Waals surface area contributed by atoms with E-state index in [0.717, 1.165) is 31.8 Å². The molecule has 0 spiro atoms. The average molecular weight is 289 g/mol. The molecule has 1 amide bonds. The summed E-state index contributed by atoms with van der Waals surface area (Å²) in [5.74, 6) is 1.30. The van der Waals surface area contributed by atoms with Gasteiger partial charge in [0.2, 0.25) is 0 Å². The van der Waals surface area contributed by atoms with E-state index >= 15 is 0 Å². The van der Waals surface area contributed by atoms with Gasteiger partial charge in [0.05, 0.1) is 0 Å². The molecule has 1 fully saturated rings. The van der Waals surface area contributed by atoms with Crippen LogP contribution < -0.4 is 5.69 Å². The fraction of sp³-hybridized carbons (Fsp3) is 0.500. The first kappa shape index (κ1) is 13.7. The summed E-state index contributed by atoms with van der Waals surface area (Å²) < 4.78 is 2.12. The number of nitrogens with one attached hydrogen (secondary N) is 2. The summed E-state index contributed by atoms with van der Waals surface area (Å²) in [4.78, 5) is 34.5. The van der Waals surface area contributed by atoms with Gasteiger partial charge in [-0.25, -0.2) is 9.78 Å². The summed E-state index contributed by atoms with van der Waals surface area (Å²) in [5.41, 5.74) is -0.0135. The predicted molar refractivity (Wildman–Crippen MR) is 77.0 cm³/mol. The van der Waals surface area contributed by atoms with Crippen LogP contribution >= 0.6 is 0 Å². The Kier molecular flexibility index (Phi) is 3.64. The Balaban J connectivity index is 1.67. The van der Waals surface area contributed by atoms with Gasteiger partial charge in [-0.05, 0) is 25.7 Å². The average Bonchev–Trinajstić information content (AvgIpc) is 3.08. The van der Waals surface area contributed by atoms with Crippen molar-refractivity contribution in [2.45, 2.75) is 26.3 Å². The molecule has 2 aromatic heterocycles. The Bertz CT molecular complexity index is 683. The molecule has 0 saturated carbocycles. The number of likely N-dealkylation sites (tertiary alicyclic amines) is 1. The molecule has 0 bridgehead atoms. The molecule has 1 atom stereocenters. The van der Waals surface area contributed by atoms with E-state index in [1.54, 1.807) is 6.20 Å². The number of hydrogen-bond acceptors (Lipinski definition) is 3. The summed E-state index contributed by atoms with van der Waals surface area (Å²) >= 11 is 0. The van der Waals surface area contributed by atoms with Gasteiger partial charge in [-0.3, -0.25) is 4.79 Å². The van der Waals surface area contributed by atoms with E-state index < -0.39 is 0 Å². The second-order valence-electron chi connectivity index (χ2n) is 5.54. The minimum Gasteiger partial charge on any atom is -0.337 e. The third kappa shape index (κ3) is 2.91. The maximum absolute atomic E-state index is 12.3. The molecule has 3 heterocycles. The number of nitrogens with zero attached hydrogens (tertiary/aromatic N) is 3. The van der Waals surface area contributed by atoms with Crippen molar-refractivity contribution in [2.24, 2.45) is 5.92 Å². The Labute approximate surface area is 122 Å². The third-order valence-corrected chi connectivity index (χ3v) is 4.01. The molecule has 0 radical (unpaired) electrons. The fourth-order valence-corrected chi connectivity index (χ4v) is 2.89. The van der Waals surface area contributed by atoms with Gasteiger partial charge in [0, 0.05) is 38.2 Å². The Morgan fingerprint density at radius 3 is 3.05 bits per heavy atom. The fourth-order valence-electron chi connectivity index (χ4n) is 2.89. The summed E-state index contributed by atoms with van der Waals surface area (Å²) in [6.07, 6.45) is 7.30. The standard InChI is InChI=1S/C14H19N5O2/c1-10-15-4-6-18(10)8-11-3-2-5-19(9-11)13(20)12-7-16-14(21)17-12/h4,6-7,11H,2-3,5,8-9H2,1H3,(H2,16,17,21). The Morgan fingerprint density at radius 1 is 1.52 bits per heavy atom. The van der Waals surface area contributed by atoms with Crippen LogP contribution in [0, 0.1) is 12.8 Å². The van der Waals surface area contributed by atoms with E-state index in [1.165, 1.54) is 6.20 Å². The number of piperidine rings is 1. The number of aromatic nitrogens is 4. The third-order valence-electron chi connectivity index (χ3n) is 4.01. The molecule has 0 aliphatic carbocycles. The summed E-state index contributed by atoms with van der Waals surface area (Å²) in [6.45, 7) is 4.31. The first-order valence-electron chi connectivity index (χ1n) is 7.18. The first-order valence-corrected chi connectivity index (χ1v) is 7.18. The van der Waals surface area contributed by atoms with E-state index in [2.05, 4.69) is 19.5 Å². The van der Waals surface area contributed by atoms with Crippen LogP contribution in [-0.2, 0) is 6.54 Å². The van der Waals surface area contributed by atoms with Gasteiger partial charge >= 0.3 is 5.69 Å². The lowest BCUT2D eigenvalue weighted by atomic mass is 9.97. The van der Waals surface area contributed by atoms with Crippen molar-refractivity contribution in [3.05, 3.63) is 40.6 Å². The van der Waals surface area contributed by atoms with Crippen molar-refractivity contribution in [1.29, 1.82) is 0 Å². The van der Waals surface area contributed by atoms with Crippen molar-refractivity contribution >= 4 is 5.91 Å². The normalized spacial score (nSPS) is 18.9. The van der Waals surface area contributed by atoms with Gasteiger partial charge < -0.3 is 19.4 Å². The molecule has 1 saturated heterocycles. The van der Waals surface area contributed by atoms with Gasteiger partial charge in [0.15, 0.2) is 0 Å². The van der Waals surface area contributed by atoms with Crippen molar-refractivity contribution in [2.75, 3.05) is 13.1 Å². The molecular formula is C14H19N5O2. The molecule has 0 aromatic carbocycles. The lowest BCUT2D eigenvalue weighted by Crippen LogP contribution is -2.41. The zero-order valence-electron chi connectivity index (χ0n) is 12.0. The van der Waals surface area contributed by atoms with Crippen molar-refractivity contribution in [1.82, 2.24) is 24.4 Å². The Morgan fingerprint density at radius 2 is 2.38 bits per heavy atom. The van der Waals surface area contributed by atoms with Crippen LogP contribution in [-0.4, -0.2) is 43.4 Å². The zero-order valence-corrected chi connectivity index (χ0v) is 12.0. The van der Waals surface area contributed by atoms with Crippen molar-refractivity contribution in [3.63, 3.8) is 0 Å². The molecule has 1 aliphatic heterocycles. The molecule has 3 rings (SSSR count). The van der Waals surface area contributed by atoms with Crippen molar-refractivity contribution < 1.29 is 4.79 Å². The molecule has 21 heavy (non-hydrogen) atoms. The maximum Gasteiger partial charge on any atom is 0.323 e. The number of hydrogen-bond donors (Lipinski definition) is 2. The van der Waals surface area contributed by atoms with E-state index in [9.17, 15) is 9.59 Å². The van der Waals surface area contributed by atoms with E-state index in [4.69, 9.17) is 0 Å². The highest BCUT2D eigenvalue weighted by atomic mass is 16.2. The summed E-state index contributed by atoms with van der Waals surface area (Å²) in [7, 11) is 0. The second kappa shape index (κ2) is 5.59. The number of carbonyl (C=O) groups excluding carboxylic acids is 1. The lowest BCUT2D eigenvalue weighted by molar-refractivity contribution is 0.0656. The SMILES string of the molecule is Cc1nccn1CC1CCCN(C(=O)c2c[nH]c(=O)[nH]2)C1. The monoisotopic (exact) mass is 289 g/mol. The van der Waals surface area contributed by atoms with E-state index in [-0.39, 0.29) is 11.6 Å². The van der Waals surface area contributed by atoms with E-state index in [1.807, 2.05) is 18.0 Å². The summed E-state index contributed by atoms with van der Waals surface area (Å²) in [5, 5.41) is 0. The van der Waals surface area contributed by atoms with Crippen LogP contribution in [0.1, 0.15) is 29.2 Å². The minimum absolute atomic E-state index is 0.111. The molecule has 1 aliphatic rings. The Hall–Kier alpha value is -2.31. The number of rotatable bonds is 3. The summed E-state index contributed by atoms with van der Waals surface area (Å²) in [6, 6.07) is 0. The van der Waals surface area contributed by atoms with Gasteiger partial charge in [-0.1, -0.05) is 0 Å². The molecule has 2 aromatic rings. The van der Waals surface area contributed by atoms with Gasteiger partial charge in [0.25, 0.3) is 5.91 Å². The molecule has 7 nitrogen and oxygen atoms in total. The number of H-pyrrole nitrogens is 2. The number of aromatic amines is 2. The highest BCUT2D eigenvalue weighted by Gasteiger charge is 2.25.